The lowest BCUT2D eigenvalue weighted by atomic mass is 9.72. The molecule has 3 rings (SSSR count). The van der Waals surface area contributed by atoms with E-state index in [2.05, 4.69) is 29.9 Å². The highest BCUT2D eigenvalue weighted by atomic mass is 19.4. The molecule has 2 aliphatic rings. The van der Waals surface area contributed by atoms with Crippen LogP contribution in [0.2, 0.25) is 0 Å². The number of halogens is 3. The van der Waals surface area contributed by atoms with Crippen molar-refractivity contribution in [3.05, 3.63) is 48.1 Å². The number of allylic oxidation sites excluding steroid dienone is 4. The van der Waals surface area contributed by atoms with Crippen molar-refractivity contribution in [2.75, 3.05) is 0 Å². The minimum atomic E-state index is -4.64. The minimum Gasteiger partial charge on any atom is -0.406 e. The molecular formula is C23H29F3O. The van der Waals surface area contributed by atoms with Crippen molar-refractivity contribution < 1.29 is 17.9 Å². The zero-order valence-corrected chi connectivity index (χ0v) is 16.0. The maximum atomic E-state index is 12.3. The summed E-state index contributed by atoms with van der Waals surface area (Å²) < 4.78 is 40.7. The summed E-state index contributed by atoms with van der Waals surface area (Å²) in [6.07, 6.45) is 12.5. The van der Waals surface area contributed by atoms with E-state index in [-0.39, 0.29) is 5.75 Å². The van der Waals surface area contributed by atoms with Crippen molar-refractivity contribution in [2.24, 2.45) is 17.8 Å². The van der Waals surface area contributed by atoms with Crippen molar-refractivity contribution in [2.45, 2.75) is 64.7 Å². The van der Waals surface area contributed by atoms with Crippen LogP contribution in [0.3, 0.4) is 0 Å². The Kier molecular flexibility index (Phi) is 6.67. The van der Waals surface area contributed by atoms with Gasteiger partial charge in [-0.1, -0.05) is 69.4 Å². The van der Waals surface area contributed by atoms with Crippen LogP contribution < -0.4 is 4.74 Å². The molecule has 0 N–H and O–H groups in total. The molecule has 0 saturated heterocycles. The van der Waals surface area contributed by atoms with Gasteiger partial charge in [-0.3, -0.25) is 0 Å². The summed E-state index contributed by atoms with van der Waals surface area (Å²) in [7, 11) is 0. The van der Waals surface area contributed by atoms with Crippen molar-refractivity contribution in [3.63, 3.8) is 0 Å². The van der Waals surface area contributed by atoms with Gasteiger partial charge in [-0.05, 0) is 60.3 Å². The topological polar surface area (TPSA) is 9.23 Å². The Bertz CT molecular complexity index is 649. The monoisotopic (exact) mass is 378 g/mol. The van der Waals surface area contributed by atoms with Crippen LogP contribution in [0.1, 0.15) is 63.9 Å². The molecule has 0 heterocycles. The van der Waals surface area contributed by atoms with Gasteiger partial charge in [-0.2, -0.15) is 0 Å². The second-order valence-corrected chi connectivity index (χ2v) is 7.91. The number of alkyl halides is 3. The molecule has 1 fully saturated rings. The summed E-state index contributed by atoms with van der Waals surface area (Å²) in [6.45, 7) is 2.26. The van der Waals surface area contributed by atoms with Gasteiger partial charge in [-0.15, -0.1) is 13.2 Å². The smallest absolute Gasteiger partial charge is 0.406 e. The molecule has 0 amide bonds. The lowest BCUT2D eigenvalue weighted by Crippen LogP contribution is -2.21. The summed E-state index contributed by atoms with van der Waals surface area (Å²) in [5.41, 5.74) is 2.02. The van der Waals surface area contributed by atoms with Crippen LogP contribution in [0.4, 0.5) is 13.2 Å². The standard InChI is InChI=1S/C23H29F3O/c1-2-3-4-17-5-7-18(8-6-17)19-9-11-20(12-10-19)21-13-15-22(16-14-21)27-23(24,25)26/h9,11-19H,2-8,10H2,1H3/t17-,18-,19?. The first-order chi connectivity index (χ1) is 12.9. The van der Waals surface area contributed by atoms with E-state index < -0.39 is 6.36 Å². The number of benzene rings is 1. The number of hydrogen-bond donors (Lipinski definition) is 0. The third-order valence-electron chi connectivity index (χ3n) is 6.02. The maximum absolute atomic E-state index is 12.3. The van der Waals surface area contributed by atoms with Crippen LogP contribution in [0.25, 0.3) is 5.57 Å². The molecule has 0 spiro atoms. The quantitative estimate of drug-likeness (QED) is 0.497. The first-order valence-electron chi connectivity index (χ1n) is 10.2. The zero-order chi connectivity index (χ0) is 19.3. The normalized spacial score (nSPS) is 25.9. The van der Waals surface area contributed by atoms with E-state index in [4.69, 9.17) is 0 Å². The highest BCUT2D eigenvalue weighted by Gasteiger charge is 2.31. The summed E-state index contributed by atoms with van der Waals surface area (Å²) in [6, 6.07) is 6.13. The van der Waals surface area contributed by atoms with Crippen molar-refractivity contribution >= 4 is 5.57 Å². The molecule has 1 saturated carbocycles. The summed E-state index contributed by atoms with van der Waals surface area (Å²) >= 11 is 0. The van der Waals surface area contributed by atoms with E-state index >= 15 is 0 Å². The van der Waals surface area contributed by atoms with Crippen molar-refractivity contribution in [3.8, 4) is 5.75 Å². The van der Waals surface area contributed by atoms with E-state index in [0.717, 1.165) is 29.4 Å². The molecule has 0 bridgehead atoms. The zero-order valence-electron chi connectivity index (χ0n) is 16.0. The Labute approximate surface area is 160 Å². The summed E-state index contributed by atoms with van der Waals surface area (Å²) in [5.74, 6) is 2.13. The Morgan fingerprint density at radius 3 is 2.30 bits per heavy atom. The van der Waals surface area contributed by atoms with Gasteiger partial charge in [0.2, 0.25) is 0 Å². The number of rotatable bonds is 6. The van der Waals surface area contributed by atoms with Crippen molar-refractivity contribution in [1.82, 2.24) is 0 Å². The Morgan fingerprint density at radius 2 is 1.74 bits per heavy atom. The second kappa shape index (κ2) is 8.99. The van der Waals surface area contributed by atoms with Gasteiger partial charge < -0.3 is 4.74 Å². The Hall–Kier alpha value is -1.71. The van der Waals surface area contributed by atoms with Gasteiger partial charge in [0.05, 0.1) is 0 Å². The molecule has 1 unspecified atom stereocenters. The summed E-state index contributed by atoms with van der Waals surface area (Å²) in [5, 5.41) is 0. The van der Waals surface area contributed by atoms with Gasteiger partial charge >= 0.3 is 6.36 Å². The van der Waals surface area contributed by atoms with Crippen LogP contribution in [-0.2, 0) is 0 Å². The lowest BCUT2D eigenvalue weighted by Gasteiger charge is -2.33. The summed E-state index contributed by atoms with van der Waals surface area (Å²) in [4.78, 5) is 0. The third kappa shape index (κ3) is 5.88. The molecule has 0 aliphatic heterocycles. The number of unbranched alkanes of at least 4 members (excludes halogenated alkanes) is 1. The molecule has 2 aliphatic carbocycles. The Morgan fingerprint density at radius 1 is 1.04 bits per heavy atom. The average Bonchev–Trinajstić information content (AvgIpc) is 2.66. The first-order valence-corrected chi connectivity index (χ1v) is 10.2. The van der Waals surface area contributed by atoms with E-state index in [1.54, 1.807) is 12.1 Å². The molecule has 148 valence electrons. The molecule has 1 aromatic rings. The van der Waals surface area contributed by atoms with Gasteiger partial charge in [0.25, 0.3) is 0 Å². The molecular weight excluding hydrogens is 349 g/mol. The molecule has 27 heavy (non-hydrogen) atoms. The van der Waals surface area contributed by atoms with Crippen LogP contribution in [0, 0.1) is 17.8 Å². The highest BCUT2D eigenvalue weighted by molar-refractivity contribution is 5.75. The lowest BCUT2D eigenvalue weighted by molar-refractivity contribution is -0.274. The van der Waals surface area contributed by atoms with Crippen molar-refractivity contribution in [1.29, 1.82) is 0 Å². The van der Waals surface area contributed by atoms with Gasteiger partial charge in [0, 0.05) is 0 Å². The van der Waals surface area contributed by atoms with Crippen LogP contribution in [0.15, 0.2) is 42.5 Å². The minimum absolute atomic E-state index is 0.177. The van der Waals surface area contributed by atoms with Gasteiger partial charge in [0.1, 0.15) is 5.75 Å². The first kappa shape index (κ1) is 20.0. The molecule has 4 heteroatoms. The fourth-order valence-electron chi connectivity index (χ4n) is 4.45. The fraction of sp³-hybridized carbons (Fsp3) is 0.565. The number of ether oxygens (including phenoxy) is 1. The predicted molar refractivity (Wildman–Crippen MR) is 103 cm³/mol. The molecule has 0 radical (unpaired) electrons. The van der Waals surface area contributed by atoms with Crippen LogP contribution in [0.5, 0.6) is 5.75 Å². The van der Waals surface area contributed by atoms with Crippen LogP contribution in [-0.4, -0.2) is 6.36 Å². The highest BCUT2D eigenvalue weighted by Crippen LogP contribution is 2.39. The molecule has 1 aromatic carbocycles. The molecule has 1 atom stereocenters. The second-order valence-electron chi connectivity index (χ2n) is 7.91. The fourth-order valence-corrected chi connectivity index (χ4v) is 4.45. The third-order valence-corrected chi connectivity index (χ3v) is 6.02. The average molecular weight is 378 g/mol. The maximum Gasteiger partial charge on any atom is 0.573 e. The van der Waals surface area contributed by atoms with E-state index in [9.17, 15) is 13.2 Å². The number of hydrogen-bond acceptors (Lipinski definition) is 1. The van der Waals surface area contributed by atoms with E-state index in [1.807, 2.05) is 0 Å². The molecule has 0 aromatic heterocycles. The van der Waals surface area contributed by atoms with Gasteiger partial charge in [-0.25, -0.2) is 0 Å². The van der Waals surface area contributed by atoms with Gasteiger partial charge in [0.15, 0.2) is 0 Å². The Balaban J connectivity index is 1.51. The SMILES string of the molecule is CCCC[C@H]1CC[C@H](C2C=CC(c3ccc(OC(F)(F)F)cc3)=CC2)CC1. The molecule has 1 nitrogen and oxygen atoms in total. The van der Waals surface area contributed by atoms with E-state index in [0.29, 0.717) is 5.92 Å². The largest absolute Gasteiger partial charge is 0.573 e. The van der Waals surface area contributed by atoms with E-state index in [1.165, 1.54) is 57.1 Å². The van der Waals surface area contributed by atoms with Crippen LogP contribution >= 0.6 is 0 Å². The predicted octanol–water partition coefficient (Wildman–Crippen LogP) is 7.54.